The van der Waals surface area contributed by atoms with Gasteiger partial charge in [0.05, 0.1) is 0 Å². The van der Waals surface area contributed by atoms with Gasteiger partial charge in [-0.3, -0.25) is 0 Å². The highest BCUT2D eigenvalue weighted by Gasteiger charge is 2.05. The van der Waals surface area contributed by atoms with E-state index >= 15 is 0 Å². The average molecular weight is 205 g/mol. The summed E-state index contributed by atoms with van der Waals surface area (Å²) >= 11 is 1.91. The predicted octanol–water partition coefficient (Wildman–Crippen LogP) is 2.14. The lowest BCUT2D eigenvalue weighted by Gasteiger charge is -2.16. The van der Waals surface area contributed by atoms with Crippen molar-refractivity contribution in [3.05, 3.63) is 0 Å². The number of nitrogens with one attached hydrogen (secondary N) is 1. The fraction of sp³-hybridized carbons (Fsp3) is 1.00. The van der Waals surface area contributed by atoms with Crippen LogP contribution < -0.4 is 5.32 Å². The highest BCUT2D eigenvalue weighted by atomic mass is 32.2. The molecule has 0 aliphatic carbocycles. The number of rotatable bonds is 9. The van der Waals surface area contributed by atoms with Crippen molar-refractivity contribution in [2.24, 2.45) is 0 Å². The van der Waals surface area contributed by atoms with Gasteiger partial charge in [-0.1, -0.05) is 6.92 Å². The van der Waals surface area contributed by atoms with E-state index in [9.17, 15) is 0 Å². The molecular weight excluding hydrogens is 182 g/mol. The summed E-state index contributed by atoms with van der Waals surface area (Å²) in [6.45, 7) is 4.23. The van der Waals surface area contributed by atoms with Crippen LogP contribution in [0.1, 0.15) is 26.2 Å². The smallest absolute Gasteiger partial charge is 0.0462 e. The maximum absolute atomic E-state index is 5.04. The number of hydrogen-bond donors (Lipinski definition) is 1. The number of methoxy groups -OCH3 is 1. The van der Waals surface area contributed by atoms with Gasteiger partial charge in [-0.2, -0.15) is 11.8 Å². The minimum absolute atomic E-state index is 0.671. The quantitative estimate of drug-likeness (QED) is 0.583. The normalized spacial score (nSPS) is 13.2. The Morgan fingerprint density at radius 2 is 2.23 bits per heavy atom. The van der Waals surface area contributed by atoms with Gasteiger partial charge in [0.15, 0.2) is 0 Å². The van der Waals surface area contributed by atoms with Gasteiger partial charge in [-0.25, -0.2) is 0 Å². The van der Waals surface area contributed by atoms with Crippen LogP contribution in [-0.4, -0.2) is 38.3 Å². The van der Waals surface area contributed by atoms with Crippen molar-refractivity contribution in [3.8, 4) is 0 Å². The zero-order valence-electron chi connectivity index (χ0n) is 9.14. The van der Waals surface area contributed by atoms with Crippen molar-refractivity contribution < 1.29 is 4.74 Å². The van der Waals surface area contributed by atoms with E-state index in [1.165, 1.54) is 25.0 Å². The number of ether oxygens (including phenoxy) is 1. The molecule has 0 heterocycles. The number of hydrogen-bond acceptors (Lipinski definition) is 3. The largest absolute Gasteiger partial charge is 0.385 e. The SMILES string of the molecule is CCCNC(CCCOC)CSC. The zero-order chi connectivity index (χ0) is 9.94. The van der Waals surface area contributed by atoms with Gasteiger partial charge in [0.25, 0.3) is 0 Å². The molecule has 1 unspecified atom stereocenters. The van der Waals surface area contributed by atoms with Crippen LogP contribution >= 0.6 is 11.8 Å². The van der Waals surface area contributed by atoms with Gasteiger partial charge in [0.1, 0.15) is 0 Å². The molecule has 0 aliphatic rings. The summed E-state index contributed by atoms with van der Waals surface area (Å²) in [5.41, 5.74) is 0. The van der Waals surface area contributed by atoms with Crippen molar-refractivity contribution in [1.82, 2.24) is 5.32 Å². The van der Waals surface area contributed by atoms with Crippen LogP contribution in [0.15, 0.2) is 0 Å². The monoisotopic (exact) mass is 205 g/mol. The molecule has 0 rings (SSSR count). The third kappa shape index (κ3) is 8.60. The highest BCUT2D eigenvalue weighted by molar-refractivity contribution is 7.98. The van der Waals surface area contributed by atoms with Crippen molar-refractivity contribution in [2.75, 3.05) is 32.3 Å². The molecule has 0 radical (unpaired) electrons. The molecule has 0 bridgehead atoms. The first-order valence-corrected chi connectivity index (χ1v) is 6.45. The summed E-state index contributed by atoms with van der Waals surface area (Å²) in [5, 5.41) is 3.55. The summed E-state index contributed by atoms with van der Waals surface area (Å²) in [4.78, 5) is 0. The molecule has 0 saturated heterocycles. The molecule has 3 heteroatoms. The predicted molar refractivity (Wildman–Crippen MR) is 61.6 cm³/mol. The fourth-order valence-electron chi connectivity index (χ4n) is 1.27. The van der Waals surface area contributed by atoms with Gasteiger partial charge in [0, 0.05) is 25.5 Å². The first-order chi connectivity index (χ1) is 6.35. The second kappa shape index (κ2) is 10.4. The topological polar surface area (TPSA) is 21.3 Å². The maximum atomic E-state index is 5.04. The Bertz CT molecular complexity index is 101. The van der Waals surface area contributed by atoms with Crippen LogP contribution in [0.4, 0.5) is 0 Å². The second-order valence-electron chi connectivity index (χ2n) is 3.24. The van der Waals surface area contributed by atoms with Crippen molar-refractivity contribution in [2.45, 2.75) is 32.2 Å². The van der Waals surface area contributed by atoms with Crippen molar-refractivity contribution in [3.63, 3.8) is 0 Å². The van der Waals surface area contributed by atoms with E-state index in [1.54, 1.807) is 7.11 Å². The first kappa shape index (κ1) is 13.3. The lowest BCUT2D eigenvalue weighted by Crippen LogP contribution is -2.32. The minimum Gasteiger partial charge on any atom is -0.385 e. The van der Waals surface area contributed by atoms with Crippen LogP contribution in [0.3, 0.4) is 0 Å². The average Bonchev–Trinajstić information content (AvgIpc) is 2.14. The molecule has 2 nitrogen and oxygen atoms in total. The maximum Gasteiger partial charge on any atom is 0.0462 e. The Morgan fingerprint density at radius 3 is 2.77 bits per heavy atom. The fourth-order valence-corrected chi connectivity index (χ4v) is 1.95. The van der Waals surface area contributed by atoms with Crippen LogP contribution in [0.5, 0.6) is 0 Å². The van der Waals surface area contributed by atoms with Crippen LogP contribution in [0, 0.1) is 0 Å². The van der Waals surface area contributed by atoms with Crippen molar-refractivity contribution >= 4 is 11.8 Å². The molecule has 0 saturated carbocycles. The minimum atomic E-state index is 0.671. The molecule has 0 fully saturated rings. The molecule has 0 aliphatic heterocycles. The van der Waals surface area contributed by atoms with E-state index < -0.39 is 0 Å². The van der Waals surface area contributed by atoms with Gasteiger partial charge >= 0.3 is 0 Å². The van der Waals surface area contributed by atoms with Crippen LogP contribution in [0.25, 0.3) is 0 Å². The van der Waals surface area contributed by atoms with Crippen LogP contribution in [0.2, 0.25) is 0 Å². The molecular formula is C10H23NOS. The summed E-state index contributed by atoms with van der Waals surface area (Å²) in [5.74, 6) is 1.21. The number of thioether (sulfide) groups is 1. The molecule has 0 aromatic carbocycles. The van der Waals surface area contributed by atoms with E-state index in [0.717, 1.165) is 13.2 Å². The van der Waals surface area contributed by atoms with Gasteiger partial charge < -0.3 is 10.1 Å². The van der Waals surface area contributed by atoms with Gasteiger partial charge in [-0.15, -0.1) is 0 Å². The zero-order valence-corrected chi connectivity index (χ0v) is 9.95. The Hall–Kier alpha value is 0.270. The summed E-state index contributed by atoms with van der Waals surface area (Å²) < 4.78 is 5.04. The Labute approximate surface area is 86.8 Å². The van der Waals surface area contributed by atoms with Gasteiger partial charge in [0.2, 0.25) is 0 Å². The van der Waals surface area contributed by atoms with E-state index in [0.29, 0.717) is 6.04 Å². The molecule has 13 heavy (non-hydrogen) atoms. The Morgan fingerprint density at radius 1 is 1.46 bits per heavy atom. The molecule has 1 atom stereocenters. The standard InChI is InChI=1S/C10H23NOS/c1-4-7-11-10(9-13-3)6-5-8-12-2/h10-11H,4-9H2,1-3H3. The first-order valence-electron chi connectivity index (χ1n) is 5.06. The summed E-state index contributed by atoms with van der Waals surface area (Å²) in [6.07, 6.45) is 5.78. The van der Waals surface area contributed by atoms with E-state index in [2.05, 4.69) is 18.5 Å². The van der Waals surface area contributed by atoms with E-state index in [4.69, 9.17) is 4.74 Å². The lowest BCUT2D eigenvalue weighted by atomic mass is 10.2. The van der Waals surface area contributed by atoms with Gasteiger partial charge in [-0.05, 0) is 32.1 Å². The summed E-state index contributed by atoms with van der Waals surface area (Å²) in [6, 6.07) is 0.671. The third-order valence-electron chi connectivity index (χ3n) is 1.95. The molecule has 0 spiro atoms. The lowest BCUT2D eigenvalue weighted by molar-refractivity contribution is 0.189. The molecule has 0 amide bonds. The molecule has 80 valence electrons. The molecule has 0 aromatic rings. The third-order valence-corrected chi connectivity index (χ3v) is 2.69. The van der Waals surface area contributed by atoms with E-state index in [-0.39, 0.29) is 0 Å². The summed E-state index contributed by atoms with van der Waals surface area (Å²) in [7, 11) is 1.77. The van der Waals surface area contributed by atoms with Crippen LogP contribution in [-0.2, 0) is 4.74 Å². The highest BCUT2D eigenvalue weighted by Crippen LogP contribution is 2.04. The van der Waals surface area contributed by atoms with E-state index in [1.807, 2.05) is 11.8 Å². The second-order valence-corrected chi connectivity index (χ2v) is 4.15. The Kier molecular flexibility index (Phi) is 10.6. The van der Waals surface area contributed by atoms with Crippen molar-refractivity contribution in [1.29, 1.82) is 0 Å². The Balaban J connectivity index is 3.41. The molecule has 1 N–H and O–H groups in total. The molecule has 0 aromatic heterocycles.